The van der Waals surface area contributed by atoms with E-state index in [2.05, 4.69) is 10.3 Å². The zero-order valence-electron chi connectivity index (χ0n) is 10.4. The van der Waals surface area contributed by atoms with Gasteiger partial charge in [-0.3, -0.25) is 9.78 Å². The Morgan fingerprint density at radius 1 is 1.16 bits per heavy atom. The van der Waals surface area contributed by atoms with E-state index in [9.17, 15) is 15.0 Å². The number of carbonyl (C=O) groups is 1. The van der Waals surface area contributed by atoms with Crippen LogP contribution in [0.3, 0.4) is 0 Å². The summed E-state index contributed by atoms with van der Waals surface area (Å²) in [6, 6.07) is 7.20. The number of nitrogens with one attached hydrogen (secondary N) is 1. The molecule has 1 aromatic heterocycles. The van der Waals surface area contributed by atoms with Gasteiger partial charge in [-0.15, -0.1) is 0 Å². The smallest absolute Gasteiger partial charge is 0.252 e. The van der Waals surface area contributed by atoms with Gasteiger partial charge in [0.2, 0.25) is 0 Å². The lowest BCUT2D eigenvalue weighted by molar-refractivity contribution is 0.0939. The first-order valence-electron chi connectivity index (χ1n) is 5.80. The average molecular weight is 258 g/mol. The molecule has 0 spiro atoms. The van der Waals surface area contributed by atoms with E-state index in [1.54, 1.807) is 12.4 Å². The summed E-state index contributed by atoms with van der Waals surface area (Å²) in [7, 11) is 0. The maximum absolute atomic E-state index is 12.0. The Balaban J connectivity index is 2.13. The number of amides is 1. The monoisotopic (exact) mass is 258 g/mol. The summed E-state index contributed by atoms with van der Waals surface area (Å²) in [6.45, 7) is 1.84. The van der Waals surface area contributed by atoms with Crippen molar-refractivity contribution in [1.82, 2.24) is 10.3 Å². The second kappa shape index (κ2) is 5.39. The summed E-state index contributed by atoms with van der Waals surface area (Å²) >= 11 is 0. The van der Waals surface area contributed by atoms with Crippen molar-refractivity contribution < 1.29 is 15.0 Å². The molecule has 0 fully saturated rings. The summed E-state index contributed by atoms with van der Waals surface area (Å²) in [5.74, 6) is -0.668. The van der Waals surface area contributed by atoms with Crippen molar-refractivity contribution in [3.63, 3.8) is 0 Å². The molecular weight excluding hydrogens is 244 g/mol. The Hall–Kier alpha value is -2.56. The molecule has 0 saturated carbocycles. The molecular formula is C14H14N2O3. The third kappa shape index (κ3) is 3.22. The summed E-state index contributed by atoms with van der Waals surface area (Å²) in [5, 5.41) is 21.5. The number of rotatable bonds is 3. The molecule has 0 aliphatic rings. The zero-order valence-corrected chi connectivity index (χ0v) is 10.4. The normalized spacial score (nSPS) is 11.8. The third-order valence-electron chi connectivity index (χ3n) is 2.72. The molecule has 2 aromatic rings. The maximum Gasteiger partial charge on any atom is 0.252 e. The zero-order chi connectivity index (χ0) is 13.8. The van der Waals surface area contributed by atoms with Crippen molar-refractivity contribution >= 4 is 5.91 Å². The minimum absolute atomic E-state index is 0.151. The van der Waals surface area contributed by atoms with Gasteiger partial charge in [-0.25, -0.2) is 0 Å². The van der Waals surface area contributed by atoms with Gasteiger partial charge < -0.3 is 15.5 Å². The number of aromatic nitrogens is 1. The molecule has 2 rings (SSSR count). The number of phenols is 2. The molecule has 0 aliphatic heterocycles. The van der Waals surface area contributed by atoms with Crippen LogP contribution in [0.25, 0.3) is 0 Å². The van der Waals surface area contributed by atoms with Crippen LogP contribution in [-0.2, 0) is 0 Å². The predicted molar refractivity (Wildman–Crippen MR) is 69.9 cm³/mol. The number of hydrogen-bond donors (Lipinski definition) is 3. The van der Waals surface area contributed by atoms with Gasteiger partial charge >= 0.3 is 0 Å². The highest BCUT2D eigenvalue weighted by Gasteiger charge is 2.12. The van der Waals surface area contributed by atoms with E-state index in [4.69, 9.17) is 0 Å². The van der Waals surface area contributed by atoms with Crippen LogP contribution in [0.5, 0.6) is 11.5 Å². The van der Waals surface area contributed by atoms with Gasteiger partial charge in [0.05, 0.1) is 6.04 Å². The van der Waals surface area contributed by atoms with Gasteiger partial charge in [-0.05, 0) is 36.8 Å². The van der Waals surface area contributed by atoms with E-state index in [-0.39, 0.29) is 29.0 Å². The van der Waals surface area contributed by atoms with E-state index in [1.165, 1.54) is 18.2 Å². The van der Waals surface area contributed by atoms with Crippen LogP contribution in [0, 0.1) is 0 Å². The van der Waals surface area contributed by atoms with Crippen molar-refractivity contribution in [2.45, 2.75) is 13.0 Å². The lowest BCUT2D eigenvalue weighted by atomic mass is 10.1. The van der Waals surface area contributed by atoms with Crippen LogP contribution in [-0.4, -0.2) is 21.1 Å². The molecule has 19 heavy (non-hydrogen) atoms. The maximum atomic E-state index is 12.0. The van der Waals surface area contributed by atoms with Crippen LogP contribution >= 0.6 is 0 Å². The van der Waals surface area contributed by atoms with E-state index < -0.39 is 0 Å². The molecule has 0 radical (unpaired) electrons. The lowest BCUT2D eigenvalue weighted by Crippen LogP contribution is -2.26. The lowest BCUT2D eigenvalue weighted by Gasteiger charge is -2.14. The van der Waals surface area contributed by atoms with E-state index in [1.807, 2.05) is 19.1 Å². The Kier molecular flexibility index (Phi) is 3.66. The SMILES string of the molecule is CC(NC(=O)c1cc(O)cc(O)c1)c1ccncc1. The van der Waals surface area contributed by atoms with Crippen molar-refractivity contribution in [3.8, 4) is 11.5 Å². The first kappa shape index (κ1) is 12.9. The fourth-order valence-corrected chi connectivity index (χ4v) is 1.74. The molecule has 98 valence electrons. The third-order valence-corrected chi connectivity index (χ3v) is 2.72. The van der Waals surface area contributed by atoms with Crippen LogP contribution in [0.15, 0.2) is 42.7 Å². The second-order valence-electron chi connectivity index (χ2n) is 4.21. The highest BCUT2D eigenvalue weighted by Crippen LogP contribution is 2.21. The highest BCUT2D eigenvalue weighted by molar-refractivity contribution is 5.95. The molecule has 1 amide bonds. The molecule has 5 nitrogen and oxygen atoms in total. The van der Waals surface area contributed by atoms with E-state index in [0.29, 0.717) is 0 Å². The van der Waals surface area contributed by atoms with Gasteiger partial charge in [0, 0.05) is 24.0 Å². The Labute approximate surface area is 110 Å². The van der Waals surface area contributed by atoms with Crippen molar-refractivity contribution in [3.05, 3.63) is 53.9 Å². The molecule has 1 unspecified atom stereocenters. The predicted octanol–water partition coefficient (Wildman–Crippen LogP) is 1.98. The topological polar surface area (TPSA) is 82.5 Å². The van der Waals surface area contributed by atoms with E-state index in [0.717, 1.165) is 5.56 Å². The number of phenolic OH excluding ortho intramolecular Hbond substituents is 2. The minimum Gasteiger partial charge on any atom is -0.508 e. The molecule has 0 aliphatic carbocycles. The summed E-state index contributed by atoms with van der Waals surface area (Å²) < 4.78 is 0. The van der Waals surface area contributed by atoms with Crippen LogP contribution in [0.2, 0.25) is 0 Å². The molecule has 1 aromatic carbocycles. The molecule has 0 saturated heterocycles. The Bertz CT molecular complexity index is 564. The van der Waals surface area contributed by atoms with E-state index >= 15 is 0 Å². The summed E-state index contributed by atoms with van der Waals surface area (Å²) in [4.78, 5) is 15.9. The quantitative estimate of drug-likeness (QED) is 0.786. The Morgan fingerprint density at radius 3 is 2.32 bits per heavy atom. The van der Waals surface area contributed by atoms with Crippen molar-refractivity contribution in [2.24, 2.45) is 0 Å². The van der Waals surface area contributed by atoms with Crippen molar-refractivity contribution in [2.75, 3.05) is 0 Å². The summed E-state index contributed by atoms with van der Waals surface area (Å²) in [5.41, 5.74) is 1.13. The van der Waals surface area contributed by atoms with Crippen LogP contribution in [0.1, 0.15) is 28.9 Å². The number of benzene rings is 1. The molecule has 3 N–H and O–H groups in total. The number of nitrogens with zero attached hydrogens (tertiary/aromatic N) is 1. The molecule has 1 heterocycles. The number of aromatic hydroxyl groups is 2. The minimum atomic E-state index is -0.365. The average Bonchev–Trinajstić information content (AvgIpc) is 2.38. The van der Waals surface area contributed by atoms with Crippen molar-refractivity contribution in [1.29, 1.82) is 0 Å². The van der Waals surface area contributed by atoms with Gasteiger partial charge in [0.1, 0.15) is 11.5 Å². The first-order chi connectivity index (χ1) is 9.06. The highest BCUT2D eigenvalue weighted by atomic mass is 16.3. The van der Waals surface area contributed by atoms with Gasteiger partial charge in [-0.2, -0.15) is 0 Å². The van der Waals surface area contributed by atoms with Gasteiger partial charge in [-0.1, -0.05) is 0 Å². The first-order valence-corrected chi connectivity index (χ1v) is 5.80. The number of pyridine rings is 1. The van der Waals surface area contributed by atoms with Crippen LogP contribution < -0.4 is 5.32 Å². The number of carbonyl (C=O) groups excluding carboxylic acids is 1. The Morgan fingerprint density at radius 2 is 1.74 bits per heavy atom. The molecule has 5 heteroatoms. The number of hydrogen-bond acceptors (Lipinski definition) is 4. The molecule has 0 bridgehead atoms. The van der Waals surface area contributed by atoms with Crippen LogP contribution in [0.4, 0.5) is 0 Å². The fourth-order valence-electron chi connectivity index (χ4n) is 1.74. The largest absolute Gasteiger partial charge is 0.508 e. The molecule has 1 atom stereocenters. The standard InChI is InChI=1S/C14H14N2O3/c1-9(10-2-4-15-5-3-10)16-14(19)11-6-12(17)8-13(18)7-11/h2-9,17-18H,1H3,(H,16,19). The summed E-state index contributed by atoms with van der Waals surface area (Å²) in [6.07, 6.45) is 3.30. The second-order valence-corrected chi connectivity index (χ2v) is 4.21. The van der Waals surface area contributed by atoms with Gasteiger partial charge in [0.15, 0.2) is 0 Å². The van der Waals surface area contributed by atoms with Gasteiger partial charge in [0.25, 0.3) is 5.91 Å². The fraction of sp³-hybridized carbons (Fsp3) is 0.143.